The van der Waals surface area contributed by atoms with Gasteiger partial charge >= 0.3 is 0 Å². The van der Waals surface area contributed by atoms with Crippen molar-refractivity contribution in [3.05, 3.63) is 17.7 Å². The molecule has 0 aliphatic rings. The fraction of sp³-hybridized carbons (Fsp3) is 0.400. The van der Waals surface area contributed by atoms with Crippen LogP contribution in [0.4, 0.5) is 0 Å². The van der Waals surface area contributed by atoms with Crippen molar-refractivity contribution < 1.29 is 14.6 Å². The maximum atomic E-state index is 9.57. The summed E-state index contributed by atoms with van der Waals surface area (Å²) in [6, 6.07) is 3.35. The average molecular weight is 182 g/mol. The molecule has 1 rings (SSSR count). The molecular weight excluding hydrogens is 168 g/mol. The third-order valence-electron chi connectivity index (χ3n) is 1.97. The molecule has 0 bridgehead atoms. The average Bonchev–Trinajstić information content (AvgIpc) is 2.16. The maximum absolute atomic E-state index is 9.57. The second-order valence-corrected chi connectivity index (χ2v) is 2.68. The molecule has 0 aliphatic heterocycles. The fourth-order valence-corrected chi connectivity index (χ4v) is 1.26. The number of phenols is 1. The standard InChI is InChI=1S/C10H14O3/c1-4-8-9(11)5-7(12-2)6-10(8)13-3/h5-6,11H,4H2,1-3H3. The number of ether oxygens (including phenoxy) is 2. The molecule has 1 aromatic carbocycles. The summed E-state index contributed by atoms with van der Waals surface area (Å²) in [5, 5.41) is 9.57. The van der Waals surface area contributed by atoms with E-state index in [1.54, 1.807) is 26.4 Å². The summed E-state index contributed by atoms with van der Waals surface area (Å²) < 4.78 is 10.1. The summed E-state index contributed by atoms with van der Waals surface area (Å²) in [6.07, 6.45) is 0.735. The third kappa shape index (κ3) is 1.86. The molecule has 3 nitrogen and oxygen atoms in total. The Hall–Kier alpha value is -1.38. The summed E-state index contributed by atoms with van der Waals surface area (Å²) in [7, 11) is 3.13. The van der Waals surface area contributed by atoms with Crippen molar-refractivity contribution in [2.75, 3.05) is 14.2 Å². The molecule has 0 aliphatic carbocycles. The van der Waals surface area contributed by atoms with E-state index in [2.05, 4.69) is 0 Å². The van der Waals surface area contributed by atoms with E-state index in [0.29, 0.717) is 11.5 Å². The van der Waals surface area contributed by atoms with Gasteiger partial charge in [0.2, 0.25) is 0 Å². The van der Waals surface area contributed by atoms with Crippen molar-refractivity contribution in [1.29, 1.82) is 0 Å². The van der Waals surface area contributed by atoms with E-state index in [1.807, 2.05) is 6.92 Å². The van der Waals surface area contributed by atoms with Gasteiger partial charge in [0.1, 0.15) is 17.2 Å². The second-order valence-electron chi connectivity index (χ2n) is 2.68. The minimum Gasteiger partial charge on any atom is -0.507 e. The number of methoxy groups -OCH3 is 2. The van der Waals surface area contributed by atoms with Gasteiger partial charge in [0.15, 0.2) is 0 Å². The minimum absolute atomic E-state index is 0.221. The van der Waals surface area contributed by atoms with Gasteiger partial charge in [-0.3, -0.25) is 0 Å². The van der Waals surface area contributed by atoms with Crippen molar-refractivity contribution in [1.82, 2.24) is 0 Å². The van der Waals surface area contributed by atoms with Crippen LogP contribution in [0.2, 0.25) is 0 Å². The highest BCUT2D eigenvalue weighted by molar-refractivity contribution is 5.49. The number of hydrogen-bond donors (Lipinski definition) is 1. The van der Waals surface area contributed by atoms with Crippen LogP contribution >= 0.6 is 0 Å². The van der Waals surface area contributed by atoms with Gasteiger partial charge in [-0.15, -0.1) is 0 Å². The van der Waals surface area contributed by atoms with Crippen LogP contribution in [0.3, 0.4) is 0 Å². The number of hydrogen-bond acceptors (Lipinski definition) is 3. The van der Waals surface area contributed by atoms with Crippen LogP contribution in [0.1, 0.15) is 12.5 Å². The zero-order chi connectivity index (χ0) is 9.84. The molecule has 0 heterocycles. The van der Waals surface area contributed by atoms with Crippen LogP contribution in [0.25, 0.3) is 0 Å². The molecule has 72 valence electrons. The summed E-state index contributed by atoms with van der Waals surface area (Å²) >= 11 is 0. The van der Waals surface area contributed by atoms with Crippen molar-refractivity contribution in [3.63, 3.8) is 0 Å². The van der Waals surface area contributed by atoms with Crippen LogP contribution in [0.15, 0.2) is 12.1 Å². The van der Waals surface area contributed by atoms with Crippen molar-refractivity contribution in [2.24, 2.45) is 0 Å². The first-order valence-electron chi connectivity index (χ1n) is 4.16. The smallest absolute Gasteiger partial charge is 0.129 e. The molecule has 13 heavy (non-hydrogen) atoms. The molecular formula is C10H14O3. The van der Waals surface area contributed by atoms with Crippen molar-refractivity contribution in [3.8, 4) is 17.2 Å². The van der Waals surface area contributed by atoms with Crippen LogP contribution in [-0.2, 0) is 6.42 Å². The molecule has 0 radical (unpaired) electrons. The lowest BCUT2D eigenvalue weighted by Crippen LogP contribution is -1.93. The predicted molar refractivity (Wildman–Crippen MR) is 50.6 cm³/mol. The van der Waals surface area contributed by atoms with Crippen LogP contribution < -0.4 is 9.47 Å². The Kier molecular flexibility index (Phi) is 3.01. The van der Waals surface area contributed by atoms with Crippen molar-refractivity contribution in [2.45, 2.75) is 13.3 Å². The monoisotopic (exact) mass is 182 g/mol. The zero-order valence-electron chi connectivity index (χ0n) is 8.13. The zero-order valence-corrected chi connectivity index (χ0v) is 8.13. The van der Waals surface area contributed by atoms with Gasteiger partial charge < -0.3 is 14.6 Å². The normalized spacial score (nSPS) is 9.77. The molecule has 0 aromatic heterocycles. The SMILES string of the molecule is CCc1c(O)cc(OC)cc1OC. The Morgan fingerprint density at radius 1 is 1.23 bits per heavy atom. The summed E-state index contributed by atoms with van der Waals surface area (Å²) in [4.78, 5) is 0. The second kappa shape index (κ2) is 4.03. The summed E-state index contributed by atoms with van der Waals surface area (Å²) in [6.45, 7) is 1.96. The van der Waals surface area contributed by atoms with Crippen LogP contribution in [-0.4, -0.2) is 19.3 Å². The first-order chi connectivity index (χ1) is 6.22. The van der Waals surface area contributed by atoms with E-state index in [-0.39, 0.29) is 5.75 Å². The van der Waals surface area contributed by atoms with E-state index >= 15 is 0 Å². The van der Waals surface area contributed by atoms with Gasteiger partial charge in [0.25, 0.3) is 0 Å². The van der Waals surface area contributed by atoms with Gasteiger partial charge in [0, 0.05) is 17.7 Å². The molecule has 1 aromatic rings. The molecule has 0 spiro atoms. The lowest BCUT2D eigenvalue weighted by Gasteiger charge is -2.10. The highest BCUT2D eigenvalue weighted by atomic mass is 16.5. The fourth-order valence-electron chi connectivity index (χ4n) is 1.26. The molecule has 0 fully saturated rings. The number of phenolic OH excluding ortho intramolecular Hbond substituents is 1. The van der Waals surface area contributed by atoms with E-state index in [9.17, 15) is 5.11 Å². The largest absolute Gasteiger partial charge is 0.507 e. The first-order valence-corrected chi connectivity index (χ1v) is 4.16. The number of benzene rings is 1. The number of aromatic hydroxyl groups is 1. The Morgan fingerprint density at radius 2 is 1.92 bits per heavy atom. The Balaban J connectivity index is 3.20. The molecule has 1 N–H and O–H groups in total. The van der Waals surface area contributed by atoms with Gasteiger partial charge in [-0.2, -0.15) is 0 Å². The van der Waals surface area contributed by atoms with Gasteiger partial charge in [-0.25, -0.2) is 0 Å². The first kappa shape index (κ1) is 9.71. The van der Waals surface area contributed by atoms with E-state index in [0.717, 1.165) is 12.0 Å². The topological polar surface area (TPSA) is 38.7 Å². The molecule has 0 amide bonds. The minimum atomic E-state index is 0.221. The Morgan fingerprint density at radius 3 is 2.38 bits per heavy atom. The maximum Gasteiger partial charge on any atom is 0.129 e. The molecule has 0 unspecified atom stereocenters. The highest BCUT2D eigenvalue weighted by Gasteiger charge is 2.08. The molecule has 0 saturated heterocycles. The Labute approximate surface area is 77.9 Å². The van der Waals surface area contributed by atoms with Crippen molar-refractivity contribution >= 4 is 0 Å². The van der Waals surface area contributed by atoms with E-state index < -0.39 is 0 Å². The predicted octanol–water partition coefficient (Wildman–Crippen LogP) is 1.97. The van der Waals surface area contributed by atoms with Crippen LogP contribution in [0.5, 0.6) is 17.2 Å². The summed E-state index contributed by atoms with van der Waals surface area (Å²) in [5.41, 5.74) is 0.809. The van der Waals surface area contributed by atoms with Gasteiger partial charge in [-0.05, 0) is 6.42 Å². The summed E-state index contributed by atoms with van der Waals surface area (Å²) in [5.74, 6) is 1.49. The lowest BCUT2D eigenvalue weighted by atomic mass is 10.1. The molecule has 0 atom stereocenters. The van der Waals surface area contributed by atoms with Crippen LogP contribution in [0, 0.1) is 0 Å². The third-order valence-corrected chi connectivity index (χ3v) is 1.97. The van der Waals surface area contributed by atoms with E-state index in [1.165, 1.54) is 0 Å². The van der Waals surface area contributed by atoms with E-state index in [4.69, 9.17) is 9.47 Å². The molecule has 3 heteroatoms. The number of rotatable bonds is 3. The lowest BCUT2D eigenvalue weighted by molar-refractivity contribution is 0.380. The highest BCUT2D eigenvalue weighted by Crippen LogP contribution is 2.33. The quantitative estimate of drug-likeness (QED) is 0.776. The molecule has 0 saturated carbocycles. The Bertz CT molecular complexity index is 294. The van der Waals surface area contributed by atoms with Gasteiger partial charge in [0.05, 0.1) is 14.2 Å². The van der Waals surface area contributed by atoms with Gasteiger partial charge in [-0.1, -0.05) is 6.92 Å².